The molecule has 16 heteroatoms. The highest BCUT2D eigenvalue weighted by atomic mass is 32.1. The first-order chi connectivity index (χ1) is 25.9. The number of benzene rings is 1. The Morgan fingerprint density at radius 1 is 0.870 bits per heavy atom. The van der Waals surface area contributed by atoms with Crippen molar-refractivity contribution in [2.24, 2.45) is 16.8 Å². The van der Waals surface area contributed by atoms with E-state index >= 15 is 0 Å². The van der Waals surface area contributed by atoms with Gasteiger partial charge in [-0.15, -0.1) is 22.7 Å². The highest BCUT2D eigenvalue weighted by Gasteiger charge is 2.39. The van der Waals surface area contributed by atoms with Crippen molar-refractivity contribution in [3.05, 3.63) is 47.8 Å². The van der Waals surface area contributed by atoms with E-state index in [-0.39, 0.29) is 35.7 Å². The number of H-pyrrole nitrogens is 1. The van der Waals surface area contributed by atoms with Gasteiger partial charge in [0.1, 0.15) is 27.9 Å². The lowest BCUT2D eigenvalue weighted by Crippen LogP contribution is -2.53. The summed E-state index contributed by atoms with van der Waals surface area (Å²) in [5.41, 5.74) is 4.57. The van der Waals surface area contributed by atoms with E-state index in [0.717, 1.165) is 78.9 Å². The molecular weight excluding hydrogens is 727 g/mol. The third-order valence-electron chi connectivity index (χ3n) is 10.4. The third-order valence-corrected chi connectivity index (χ3v) is 12.6. The highest BCUT2D eigenvalue weighted by Crippen LogP contribution is 2.39. The second-order valence-corrected chi connectivity index (χ2v) is 16.8. The molecule has 7 rings (SSSR count). The maximum Gasteiger partial charge on any atom is 0.407 e. The van der Waals surface area contributed by atoms with Gasteiger partial charge in [-0.3, -0.25) is 14.6 Å². The minimum absolute atomic E-state index is 0.00660. The number of nitrogens with one attached hydrogen (secondary N) is 3. The second kappa shape index (κ2) is 15.5. The summed E-state index contributed by atoms with van der Waals surface area (Å²) in [7, 11) is 2.83. The zero-order valence-electron chi connectivity index (χ0n) is 31.5. The van der Waals surface area contributed by atoms with Crippen molar-refractivity contribution in [3.8, 4) is 10.7 Å². The number of methoxy groups -OCH3 is 2. The Balaban J connectivity index is 1.03. The summed E-state index contributed by atoms with van der Waals surface area (Å²) < 4.78 is 12.0. The van der Waals surface area contributed by atoms with Crippen LogP contribution in [0.5, 0.6) is 0 Å². The lowest BCUT2D eigenvalue weighted by molar-refractivity contribution is -0.136. The summed E-state index contributed by atoms with van der Waals surface area (Å²) in [5, 5.41) is 7.58. The fraction of sp³-hybridized carbons (Fsp3) is 0.500. The fourth-order valence-corrected chi connectivity index (χ4v) is 9.43. The molecule has 2 saturated heterocycles. The molecule has 1 aromatic carbocycles. The van der Waals surface area contributed by atoms with Crippen LogP contribution < -0.4 is 10.6 Å². The van der Waals surface area contributed by atoms with Gasteiger partial charge >= 0.3 is 6.09 Å². The van der Waals surface area contributed by atoms with E-state index in [1.54, 1.807) is 28.9 Å². The van der Waals surface area contributed by atoms with E-state index in [2.05, 4.69) is 34.3 Å². The average molecular weight is 774 g/mol. The molecular formula is C38H47N9O5S2. The van der Waals surface area contributed by atoms with Crippen LogP contribution in [0.3, 0.4) is 0 Å². The smallest absolute Gasteiger partial charge is 0.407 e. The maximum atomic E-state index is 13.7. The number of aromatic nitrogens is 4. The van der Waals surface area contributed by atoms with Crippen LogP contribution in [0.25, 0.3) is 36.7 Å². The van der Waals surface area contributed by atoms with E-state index in [0.29, 0.717) is 25.4 Å². The van der Waals surface area contributed by atoms with Crippen molar-refractivity contribution < 1.29 is 23.9 Å². The number of hydrogen-bond acceptors (Lipinski definition) is 12. The molecule has 2 fully saturated rings. The molecule has 0 bridgehead atoms. The number of ether oxygens (including phenoxy) is 2. The van der Waals surface area contributed by atoms with Gasteiger partial charge in [0.05, 0.1) is 58.6 Å². The number of carbonyl (C=O) groups excluding carboxylic acids is 3. The molecule has 0 saturated carbocycles. The number of likely N-dealkylation sites (tertiary alicyclic amines) is 2. The molecule has 4 atom stereocenters. The van der Waals surface area contributed by atoms with Crippen molar-refractivity contribution in [1.29, 1.82) is 0 Å². The van der Waals surface area contributed by atoms with Gasteiger partial charge in [-0.05, 0) is 56.2 Å². The molecule has 0 radical (unpaired) electrons. The second-order valence-electron chi connectivity index (χ2n) is 14.7. The fourth-order valence-electron chi connectivity index (χ4n) is 7.49. The summed E-state index contributed by atoms with van der Waals surface area (Å²) in [6, 6.07) is 2.78. The van der Waals surface area contributed by atoms with Gasteiger partial charge < -0.3 is 34.9 Å². The molecule has 3 aliphatic rings. The number of carbonyl (C=O) groups is 3. The van der Waals surface area contributed by atoms with Crippen LogP contribution in [0.1, 0.15) is 76.7 Å². The van der Waals surface area contributed by atoms with Crippen molar-refractivity contribution in [2.45, 2.75) is 84.0 Å². The van der Waals surface area contributed by atoms with Gasteiger partial charge in [0.2, 0.25) is 11.8 Å². The maximum absolute atomic E-state index is 13.7. The van der Waals surface area contributed by atoms with Crippen molar-refractivity contribution >= 4 is 72.3 Å². The number of nitrogens with zero attached hydrogens (tertiary/aromatic N) is 6. The van der Waals surface area contributed by atoms with E-state index in [1.165, 1.54) is 14.2 Å². The molecule has 3 aromatic heterocycles. The number of rotatable bonds is 12. The third kappa shape index (κ3) is 7.32. The quantitative estimate of drug-likeness (QED) is 0.141. The zero-order valence-corrected chi connectivity index (χ0v) is 33.1. The monoisotopic (exact) mass is 773 g/mol. The van der Waals surface area contributed by atoms with Gasteiger partial charge in [-0.25, -0.2) is 19.7 Å². The Morgan fingerprint density at radius 3 is 2.09 bits per heavy atom. The van der Waals surface area contributed by atoms with Gasteiger partial charge in [-0.1, -0.05) is 27.7 Å². The molecule has 0 spiro atoms. The van der Waals surface area contributed by atoms with Gasteiger partial charge in [0.25, 0.3) is 0 Å². The SMILES string of the molecule is C=C(N[C@@H](C(=O)N1CCC[C@H]1c1ncc(-c2nc3cc4sc(C5=CN=C([C@@H]6CCCN6C(=O)[C@H](NC(=O)OC)C(C)C)C5)nc4cc3s2)[nH]1)C(C)C)OC. The van der Waals surface area contributed by atoms with Crippen molar-refractivity contribution in [3.63, 3.8) is 0 Å². The Labute approximate surface area is 322 Å². The van der Waals surface area contributed by atoms with Crippen LogP contribution in [0, 0.1) is 11.8 Å². The van der Waals surface area contributed by atoms with E-state index in [4.69, 9.17) is 29.4 Å². The number of amides is 3. The zero-order chi connectivity index (χ0) is 38.3. The Kier molecular flexibility index (Phi) is 10.8. The number of aromatic amines is 1. The first-order valence-corrected chi connectivity index (χ1v) is 20.1. The van der Waals surface area contributed by atoms with Crippen LogP contribution in [-0.4, -0.2) is 98.8 Å². The summed E-state index contributed by atoms with van der Waals surface area (Å²) in [6.45, 7) is 13.0. The van der Waals surface area contributed by atoms with Gasteiger partial charge in [0.15, 0.2) is 5.88 Å². The molecule has 0 unspecified atom stereocenters. The van der Waals surface area contributed by atoms with Crippen LogP contribution >= 0.6 is 22.7 Å². The van der Waals surface area contributed by atoms with Crippen LogP contribution in [0.15, 0.2) is 42.0 Å². The Bertz CT molecular complexity index is 2100. The molecule has 0 aliphatic carbocycles. The molecule has 54 heavy (non-hydrogen) atoms. The predicted molar refractivity (Wildman–Crippen MR) is 211 cm³/mol. The van der Waals surface area contributed by atoms with Crippen molar-refractivity contribution in [2.75, 3.05) is 27.3 Å². The minimum atomic E-state index is -0.670. The number of fused-ring (bicyclic) bond motifs is 2. The van der Waals surface area contributed by atoms with E-state index in [1.807, 2.05) is 43.7 Å². The van der Waals surface area contributed by atoms with Crippen LogP contribution in [0.2, 0.25) is 0 Å². The van der Waals surface area contributed by atoms with E-state index < -0.39 is 18.2 Å². The summed E-state index contributed by atoms with van der Waals surface area (Å²) >= 11 is 3.19. The normalized spacial score (nSPS) is 19.8. The van der Waals surface area contributed by atoms with Gasteiger partial charge in [-0.2, -0.15) is 0 Å². The van der Waals surface area contributed by atoms with Gasteiger partial charge in [0, 0.05) is 37.0 Å². The number of thiazole rings is 2. The first kappa shape index (κ1) is 37.5. The lowest BCUT2D eigenvalue weighted by Gasteiger charge is -2.31. The topological polar surface area (TPSA) is 167 Å². The molecule has 14 nitrogen and oxygen atoms in total. The largest absolute Gasteiger partial charge is 0.483 e. The average Bonchev–Trinajstić information content (AvgIpc) is 4.00. The van der Waals surface area contributed by atoms with Crippen LogP contribution in [-0.2, 0) is 19.1 Å². The molecule has 6 heterocycles. The number of aliphatic imine (C=N–C) groups is 1. The van der Waals surface area contributed by atoms with Crippen molar-refractivity contribution in [1.82, 2.24) is 40.4 Å². The molecule has 3 N–H and O–H groups in total. The summed E-state index contributed by atoms with van der Waals surface area (Å²) in [4.78, 5) is 66.0. The first-order valence-electron chi connectivity index (χ1n) is 18.4. The van der Waals surface area contributed by atoms with E-state index in [9.17, 15) is 14.4 Å². The number of imidazole rings is 1. The highest BCUT2D eigenvalue weighted by molar-refractivity contribution is 7.22. The minimum Gasteiger partial charge on any atom is -0.483 e. The summed E-state index contributed by atoms with van der Waals surface area (Å²) in [5.74, 6) is 0.972. The number of alkyl carbamates (subject to hydrolysis) is 1. The molecule has 3 aliphatic heterocycles. The lowest BCUT2D eigenvalue weighted by atomic mass is 10.00. The molecule has 4 aromatic rings. The number of hydrogen-bond donors (Lipinski definition) is 3. The molecule has 3 amide bonds. The Morgan fingerprint density at radius 2 is 1.46 bits per heavy atom. The predicted octanol–water partition coefficient (Wildman–Crippen LogP) is 6.25. The summed E-state index contributed by atoms with van der Waals surface area (Å²) in [6.07, 6.45) is 7.11. The molecule has 286 valence electrons. The number of allylic oxidation sites excluding steroid dienone is 1. The van der Waals surface area contributed by atoms with Crippen LogP contribution in [0.4, 0.5) is 4.79 Å². The Hall–Kier alpha value is -4.83. The standard InChI is InChI=1S/C38H47N9O5S2/c1-19(2)31(41-21(5)51-6)36(48)47-13-9-11-28(47)33-40-18-26(42-33)35-44-25-16-29-24(15-30(25)54-35)43-34(53-29)22-14-23(39-17-22)27-10-8-12-46(27)37(49)32(20(3)4)45-38(50)52-7/h15-20,27-28,31-32,41H,5,8-14H2,1-4,6-7H3,(H,40,42)(H,45,50)/t27-,28-,31+,32+/m0/s1.